The lowest BCUT2D eigenvalue weighted by Crippen LogP contribution is -2.05. The minimum atomic E-state index is 0.399. The van der Waals surface area contributed by atoms with E-state index >= 15 is 0 Å². The van der Waals surface area contributed by atoms with Crippen molar-refractivity contribution in [3.05, 3.63) is 0 Å². The molecule has 0 saturated heterocycles. The summed E-state index contributed by atoms with van der Waals surface area (Å²) >= 11 is 0. The third-order valence-electron chi connectivity index (χ3n) is 2.69. The van der Waals surface area contributed by atoms with Crippen LogP contribution in [0.25, 0.3) is 0 Å². The fourth-order valence-electron chi connectivity index (χ4n) is 1.81. The van der Waals surface area contributed by atoms with Gasteiger partial charge >= 0.3 is 0 Å². The molecule has 0 spiro atoms. The van der Waals surface area contributed by atoms with Gasteiger partial charge in [-0.2, -0.15) is 0 Å². The van der Waals surface area contributed by atoms with Crippen LogP contribution in [-0.2, 0) is 4.79 Å². The molecule has 0 bridgehead atoms. The highest BCUT2D eigenvalue weighted by atomic mass is 16.1. The molecular weight excluding hydrogens is 124 g/mol. The van der Waals surface area contributed by atoms with Crippen molar-refractivity contribution < 1.29 is 4.79 Å². The minimum Gasteiger partial charge on any atom is -0.300 e. The van der Waals surface area contributed by atoms with E-state index in [1.54, 1.807) is 6.92 Å². The van der Waals surface area contributed by atoms with E-state index in [1.165, 1.54) is 12.8 Å². The lowest BCUT2D eigenvalue weighted by molar-refractivity contribution is -0.120. The Kier molecular flexibility index (Phi) is 2.47. The quantitative estimate of drug-likeness (QED) is 0.575. The van der Waals surface area contributed by atoms with Crippen molar-refractivity contribution in [3.63, 3.8) is 0 Å². The molecule has 0 radical (unpaired) electrons. The molecule has 0 aliphatic heterocycles. The zero-order valence-electron chi connectivity index (χ0n) is 6.89. The Balaban J connectivity index is 2.35. The summed E-state index contributed by atoms with van der Waals surface area (Å²) in [5.74, 6) is 1.65. The molecule has 58 valence electrons. The number of carbonyl (C=O) groups excluding carboxylic acids is 1. The van der Waals surface area contributed by atoms with Crippen LogP contribution in [0.1, 0.15) is 39.5 Å². The Morgan fingerprint density at radius 1 is 1.50 bits per heavy atom. The second-order valence-corrected chi connectivity index (χ2v) is 3.39. The number of Topliss-reactive ketones (excluding diaryl/α,β-unsaturated/α-hetero) is 1. The van der Waals surface area contributed by atoms with Crippen LogP contribution < -0.4 is 0 Å². The van der Waals surface area contributed by atoms with Gasteiger partial charge < -0.3 is 0 Å². The van der Waals surface area contributed by atoms with Crippen LogP contribution in [0, 0.1) is 11.8 Å². The number of carbonyl (C=O) groups is 1. The molecule has 2 atom stereocenters. The first kappa shape index (κ1) is 7.77. The van der Waals surface area contributed by atoms with E-state index in [9.17, 15) is 4.79 Å². The summed E-state index contributed by atoms with van der Waals surface area (Å²) < 4.78 is 0. The molecule has 1 fully saturated rings. The molecule has 0 aromatic heterocycles. The summed E-state index contributed by atoms with van der Waals surface area (Å²) in [5, 5.41) is 0. The standard InChI is InChI=1S/C9H16O/c1-3-8-4-5-9(6-8)7(2)10/h8-9H,3-6H2,1-2H3/t8-,9-/m1/s1. The van der Waals surface area contributed by atoms with Crippen LogP contribution >= 0.6 is 0 Å². The Labute approximate surface area is 62.8 Å². The molecule has 1 saturated carbocycles. The van der Waals surface area contributed by atoms with Crippen LogP contribution in [-0.4, -0.2) is 5.78 Å². The minimum absolute atomic E-state index is 0.399. The lowest BCUT2D eigenvalue weighted by atomic mass is 10.0. The molecule has 0 N–H and O–H groups in total. The summed E-state index contributed by atoms with van der Waals surface area (Å²) in [6, 6.07) is 0. The highest BCUT2D eigenvalue weighted by Crippen LogP contribution is 2.32. The van der Waals surface area contributed by atoms with Gasteiger partial charge in [0.25, 0.3) is 0 Å². The summed E-state index contributed by atoms with van der Waals surface area (Å²) in [4.78, 5) is 10.9. The van der Waals surface area contributed by atoms with E-state index in [1.807, 2.05) is 0 Å². The first-order valence-corrected chi connectivity index (χ1v) is 4.24. The first-order chi connectivity index (χ1) is 4.74. The Hall–Kier alpha value is -0.330. The van der Waals surface area contributed by atoms with E-state index in [2.05, 4.69) is 6.92 Å². The molecule has 0 amide bonds. The van der Waals surface area contributed by atoms with Gasteiger partial charge in [0.2, 0.25) is 0 Å². The van der Waals surface area contributed by atoms with Gasteiger partial charge in [-0.25, -0.2) is 0 Å². The number of ketones is 1. The van der Waals surface area contributed by atoms with Gasteiger partial charge in [0.05, 0.1) is 0 Å². The van der Waals surface area contributed by atoms with Crippen molar-refractivity contribution in [3.8, 4) is 0 Å². The van der Waals surface area contributed by atoms with E-state index in [0.717, 1.165) is 18.8 Å². The van der Waals surface area contributed by atoms with E-state index < -0.39 is 0 Å². The van der Waals surface area contributed by atoms with Gasteiger partial charge in [-0.05, 0) is 32.1 Å². The zero-order chi connectivity index (χ0) is 7.56. The van der Waals surface area contributed by atoms with Crippen LogP contribution in [0.2, 0.25) is 0 Å². The van der Waals surface area contributed by atoms with Crippen LogP contribution in [0.5, 0.6) is 0 Å². The topological polar surface area (TPSA) is 17.1 Å². The lowest BCUT2D eigenvalue weighted by Gasteiger charge is -2.04. The van der Waals surface area contributed by atoms with Crippen LogP contribution in [0.3, 0.4) is 0 Å². The maximum atomic E-state index is 10.9. The largest absolute Gasteiger partial charge is 0.300 e. The summed E-state index contributed by atoms with van der Waals surface area (Å²) in [6.07, 6.45) is 4.84. The molecule has 0 heterocycles. The molecule has 1 aliphatic rings. The normalized spacial score (nSPS) is 32.6. The Morgan fingerprint density at radius 3 is 2.50 bits per heavy atom. The van der Waals surface area contributed by atoms with Crippen molar-refractivity contribution in [1.29, 1.82) is 0 Å². The van der Waals surface area contributed by atoms with Crippen molar-refractivity contribution in [2.75, 3.05) is 0 Å². The third kappa shape index (κ3) is 1.59. The number of hydrogen-bond acceptors (Lipinski definition) is 1. The van der Waals surface area contributed by atoms with Crippen molar-refractivity contribution in [2.45, 2.75) is 39.5 Å². The van der Waals surface area contributed by atoms with Crippen molar-refractivity contribution >= 4 is 5.78 Å². The second-order valence-electron chi connectivity index (χ2n) is 3.39. The van der Waals surface area contributed by atoms with Crippen LogP contribution in [0.15, 0.2) is 0 Å². The van der Waals surface area contributed by atoms with Crippen molar-refractivity contribution in [1.82, 2.24) is 0 Å². The predicted octanol–water partition coefficient (Wildman–Crippen LogP) is 2.40. The zero-order valence-corrected chi connectivity index (χ0v) is 6.89. The molecule has 0 aromatic rings. The molecule has 1 aliphatic carbocycles. The average Bonchev–Trinajstić information content (AvgIpc) is 2.34. The fraction of sp³-hybridized carbons (Fsp3) is 0.889. The Bertz CT molecular complexity index is 129. The molecule has 10 heavy (non-hydrogen) atoms. The highest BCUT2D eigenvalue weighted by molar-refractivity contribution is 5.78. The van der Waals surface area contributed by atoms with E-state index in [-0.39, 0.29) is 0 Å². The van der Waals surface area contributed by atoms with Gasteiger partial charge in [-0.15, -0.1) is 0 Å². The molecule has 0 unspecified atom stereocenters. The van der Waals surface area contributed by atoms with Gasteiger partial charge in [-0.3, -0.25) is 4.79 Å². The van der Waals surface area contributed by atoms with Gasteiger partial charge in [0, 0.05) is 5.92 Å². The smallest absolute Gasteiger partial charge is 0.132 e. The van der Waals surface area contributed by atoms with Gasteiger partial charge in [0.1, 0.15) is 5.78 Å². The van der Waals surface area contributed by atoms with Crippen molar-refractivity contribution in [2.24, 2.45) is 11.8 Å². The molecule has 1 rings (SSSR count). The first-order valence-electron chi connectivity index (χ1n) is 4.24. The Morgan fingerprint density at radius 2 is 2.20 bits per heavy atom. The fourth-order valence-corrected chi connectivity index (χ4v) is 1.81. The molecular formula is C9H16O. The second kappa shape index (κ2) is 3.18. The van der Waals surface area contributed by atoms with E-state index in [4.69, 9.17) is 0 Å². The summed E-state index contributed by atoms with van der Waals surface area (Å²) in [7, 11) is 0. The number of rotatable bonds is 2. The third-order valence-corrected chi connectivity index (χ3v) is 2.69. The molecule has 1 nitrogen and oxygen atoms in total. The summed E-state index contributed by atoms with van der Waals surface area (Å²) in [6.45, 7) is 3.94. The maximum Gasteiger partial charge on any atom is 0.132 e. The van der Waals surface area contributed by atoms with Gasteiger partial charge in [-0.1, -0.05) is 13.3 Å². The van der Waals surface area contributed by atoms with Gasteiger partial charge in [0.15, 0.2) is 0 Å². The average molecular weight is 140 g/mol. The molecule has 0 aromatic carbocycles. The van der Waals surface area contributed by atoms with E-state index in [0.29, 0.717) is 11.7 Å². The highest BCUT2D eigenvalue weighted by Gasteiger charge is 2.25. The predicted molar refractivity (Wildman–Crippen MR) is 41.8 cm³/mol. The SMILES string of the molecule is CC[C@@H]1CC[C@@H](C(C)=O)C1. The molecule has 1 heteroatoms. The maximum absolute atomic E-state index is 10.9. The number of hydrogen-bond donors (Lipinski definition) is 0. The summed E-state index contributed by atoms with van der Waals surface area (Å²) in [5.41, 5.74) is 0. The van der Waals surface area contributed by atoms with Crippen LogP contribution in [0.4, 0.5) is 0 Å². The monoisotopic (exact) mass is 140 g/mol.